The van der Waals surface area contributed by atoms with Crippen LogP contribution in [0.4, 0.5) is 0 Å². The van der Waals surface area contributed by atoms with Crippen molar-refractivity contribution in [1.82, 2.24) is 14.4 Å². The number of ether oxygens (including phenoxy) is 1. The molecule has 8 heteroatoms. The highest BCUT2D eigenvalue weighted by Crippen LogP contribution is 2.38. The van der Waals surface area contributed by atoms with Gasteiger partial charge in [-0.2, -0.15) is 9.29 Å². The molecule has 0 spiro atoms. The zero-order valence-electron chi connectivity index (χ0n) is 15.1. The van der Waals surface area contributed by atoms with E-state index >= 15 is 0 Å². The maximum atomic E-state index is 13.1. The fourth-order valence-corrected chi connectivity index (χ4v) is 5.60. The van der Waals surface area contributed by atoms with E-state index in [4.69, 9.17) is 9.26 Å². The summed E-state index contributed by atoms with van der Waals surface area (Å²) in [5.41, 5.74) is 0.975. The van der Waals surface area contributed by atoms with Crippen LogP contribution in [0.5, 0.6) is 5.75 Å². The van der Waals surface area contributed by atoms with Crippen LogP contribution in [0.25, 0.3) is 0 Å². The molecule has 27 heavy (non-hydrogen) atoms. The van der Waals surface area contributed by atoms with Gasteiger partial charge in [-0.1, -0.05) is 5.16 Å². The molecular weight excluding hydrogens is 366 g/mol. The first-order valence-electron chi connectivity index (χ1n) is 9.68. The highest BCUT2D eigenvalue weighted by molar-refractivity contribution is 7.89. The van der Waals surface area contributed by atoms with Crippen LogP contribution in [0.15, 0.2) is 27.6 Å². The van der Waals surface area contributed by atoms with Crippen LogP contribution in [0.2, 0.25) is 0 Å². The Morgan fingerprint density at radius 3 is 2.96 bits per heavy atom. The fraction of sp³-hybridized carbons (Fsp3) is 0.579. The van der Waals surface area contributed by atoms with E-state index in [1.165, 1.54) is 0 Å². The average Bonchev–Trinajstić information content (AvgIpc) is 3.23. The Kier molecular flexibility index (Phi) is 4.20. The largest absolute Gasteiger partial charge is 0.493 e. The predicted molar refractivity (Wildman–Crippen MR) is 97.1 cm³/mol. The summed E-state index contributed by atoms with van der Waals surface area (Å²) in [5, 5.41) is 4.06. The molecule has 2 aromatic rings. The van der Waals surface area contributed by atoms with Gasteiger partial charge in [-0.05, 0) is 55.4 Å². The lowest BCUT2D eigenvalue weighted by Crippen LogP contribution is -2.40. The number of sulfonamides is 1. The quantitative estimate of drug-likeness (QED) is 0.781. The van der Waals surface area contributed by atoms with Crippen LogP contribution < -0.4 is 4.74 Å². The molecule has 1 saturated carbocycles. The summed E-state index contributed by atoms with van der Waals surface area (Å²) >= 11 is 0. The molecule has 3 heterocycles. The summed E-state index contributed by atoms with van der Waals surface area (Å²) in [6.45, 7) is 1.68. The third-order valence-corrected chi connectivity index (χ3v) is 7.53. The van der Waals surface area contributed by atoms with Gasteiger partial charge in [0.05, 0.1) is 11.5 Å². The van der Waals surface area contributed by atoms with Crippen molar-refractivity contribution in [2.45, 2.75) is 49.3 Å². The van der Waals surface area contributed by atoms with Crippen molar-refractivity contribution in [3.8, 4) is 5.75 Å². The van der Waals surface area contributed by atoms with Crippen molar-refractivity contribution in [2.75, 3.05) is 19.7 Å². The summed E-state index contributed by atoms with van der Waals surface area (Å²) in [6.07, 6.45) is 5.51. The summed E-state index contributed by atoms with van der Waals surface area (Å²) < 4.78 is 38.7. The van der Waals surface area contributed by atoms with Gasteiger partial charge < -0.3 is 9.26 Å². The summed E-state index contributed by atoms with van der Waals surface area (Å²) in [7, 11) is -3.50. The molecule has 144 valence electrons. The van der Waals surface area contributed by atoms with Gasteiger partial charge in [0.1, 0.15) is 5.75 Å². The Balaban J connectivity index is 1.30. The van der Waals surface area contributed by atoms with E-state index < -0.39 is 10.0 Å². The zero-order chi connectivity index (χ0) is 18.4. The number of fused-ring (bicyclic) bond motifs is 1. The van der Waals surface area contributed by atoms with Gasteiger partial charge in [0.2, 0.25) is 15.9 Å². The first kappa shape index (κ1) is 17.2. The van der Waals surface area contributed by atoms with Gasteiger partial charge >= 0.3 is 0 Å². The Morgan fingerprint density at radius 2 is 2.11 bits per heavy atom. The molecule has 0 N–H and O–H groups in total. The first-order chi connectivity index (χ1) is 13.1. The number of hydrogen-bond donors (Lipinski definition) is 0. The minimum Gasteiger partial charge on any atom is -0.493 e. The molecule has 0 bridgehead atoms. The van der Waals surface area contributed by atoms with E-state index in [2.05, 4.69) is 10.1 Å². The molecule has 3 aliphatic rings. The average molecular weight is 389 g/mol. The minimum atomic E-state index is -3.50. The fourth-order valence-electron chi connectivity index (χ4n) is 3.99. The van der Waals surface area contributed by atoms with Crippen molar-refractivity contribution < 1.29 is 17.7 Å². The standard InChI is InChI=1S/C19H23N3O4S/c23-27(24,16-5-6-17-15(11-16)7-9-25-17)22-8-1-2-13(12-22)10-18-20-19(21-26-18)14-3-4-14/h5-6,11,13-14H,1-4,7-10,12H2. The Hall–Kier alpha value is -1.93. The van der Waals surface area contributed by atoms with Crippen LogP contribution in [0.3, 0.4) is 0 Å². The van der Waals surface area contributed by atoms with Crippen LogP contribution in [-0.4, -0.2) is 42.6 Å². The Labute approximate surface area is 158 Å². The molecule has 2 aliphatic heterocycles. The second-order valence-corrected chi connectivity index (χ2v) is 9.70. The first-order valence-corrected chi connectivity index (χ1v) is 11.1. The van der Waals surface area contributed by atoms with Crippen LogP contribution in [0, 0.1) is 5.92 Å². The zero-order valence-corrected chi connectivity index (χ0v) is 16.0. The van der Waals surface area contributed by atoms with Crippen molar-refractivity contribution in [3.05, 3.63) is 35.5 Å². The van der Waals surface area contributed by atoms with E-state index in [-0.39, 0.29) is 5.92 Å². The van der Waals surface area contributed by atoms with Crippen LogP contribution in [0.1, 0.15) is 48.9 Å². The minimum absolute atomic E-state index is 0.207. The molecule has 7 nitrogen and oxygen atoms in total. The van der Waals surface area contributed by atoms with Gasteiger partial charge in [0, 0.05) is 31.8 Å². The Bertz CT molecular complexity index is 952. The smallest absolute Gasteiger partial charge is 0.243 e. The second kappa shape index (κ2) is 6.60. The maximum absolute atomic E-state index is 13.1. The maximum Gasteiger partial charge on any atom is 0.243 e. The lowest BCUT2D eigenvalue weighted by molar-refractivity contribution is 0.247. The summed E-state index contributed by atoms with van der Waals surface area (Å²) in [5.74, 6) is 2.92. The lowest BCUT2D eigenvalue weighted by atomic mass is 9.96. The van der Waals surface area contributed by atoms with Gasteiger partial charge in [0.15, 0.2) is 5.82 Å². The molecule has 0 radical (unpaired) electrons. The number of benzene rings is 1. The van der Waals surface area contributed by atoms with E-state index in [9.17, 15) is 8.42 Å². The highest BCUT2D eigenvalue weighted by Gasteiger charge is 2.33. The monoisotopic (exact) mass is 389 g/mol. The van der Waals surface area contributed by atoms with E-state index in [1.807, 2.05) is 0 Å². The number of piperidine rings is 1. The van der Waals surface area contributed by atoms with Crippen molar-refractivity contribution in [1.29, 1.82) is 0 Å². The molecule has 2 fully saturated rings. The van der Waals surface area contributed by atoms with Gasteiger partial charge in [-0.25, -0.2) is 8.42 Å². The topological polar surface area (TPSA) is 85.5 Å². The van der Waals surface area contributed by atoms with Gasteiger partial charge in [0.25, 0.3) is 0 Å². The number of rotatable bonds is 5. The number of hydrogen-bond acceptors (Lipinski definition) is 6. The van der Waals surface area contributed by atoms with Gasteiger partial charge in [-0.3, -0.25) is 0 Å². The van der Waals surface area contributed by atoms with E-state index in [0.29, 0.717) is 42.8 Å². The second-order valence-electron chi connectivity index (χ2n) is 7.76. The summed E-state index contributed by atoms with van der Waals surface area (Å²) in [6, 6.07) is 5.19. The molecule has 1 unspecified atom stereocenters. The molecular formula is C19H23N3O4S. The molecule has 1 saturated heterocycles. The van der Waals surface area contributed by atoms with Crippen LogP contribution >= 0.6 is 0 Å². The SMILES string of the molecule is O=S(=O)(c1ccc2c(c1)CCO2)N1CCCC(Cc2nc(C3CC3)no2)C1. The van der Waals surface area contributed by atoms with Gasteiger partial charge in [-0.15, -0.1) is 0 Å². The number of nitrogens with zero attached hydrogens (tertiary/aromatic N) is 3. The molecule has 1 aromatic carbocycles. The summed E-state index contributed by atoms with van der Waals surface area (Å²) in [4.78, 5) is 4.85. The van der Waals surface area contributed by atoms with Crippen molar-refractivity contribution in [3.63, 3.8) is 0 Å². The predicted octanol–water partition coefficient (Wildman–Crippen LogP) is 2.53. The van der Waals surface area contributed by atoms with E-state index in [1.54, 1.807) is 22.5 Å². The normalized spacial score (nSPS) is 23.2. The molecule has 1 aliphatic carbocycles. The highest BCUT2D eigenvalue weighted by atomic mass is 32.2. The van der Waals surface area contributed by atoms with Crippen LogP contribution in [-0.2, 0) is 22.9 Å². The lowest BCUT2D eigenvalue weighted by Gasteiger charge is -2.31. The third kappa shape index (κ3) is 3.36. The molecule has 0 amide bonds. The Morgan fingerprint density at radius 1 is 1.22 bits per heavy atom. The van der Waals surface area contributed by atoms with Crippen molar-refractivity contribution >= 4 is 10.0 Å². The van der Waals surface area contributed by atoms with E-state index in [0.717, 1.165) is 49.2 Å². The number of aromatic nitrogens is 2. The molecule has 1 atom stereocenters. The molecule has 1 aromatic heterocycles. The third-order valence-electron chi connectivity index (χ3n) is 5.67. The molecule has 5 rings (SSSR count). The van der Waals surface area contributed by atoms with Crippen molar-refractivity contribution in [2.24, 2.45) is 5.92 Å².